The fraction of sp³-hybridized carbons (Fsp3) is 0.417. The number of carbonyl (C=O) groups is 1. The second-order valence-electron chi connectivity index (χ2n) is 4.22. The Bertz CT molecular complexity index is 386. The molecule has 0 aromatic heterocycles. The van der Waals surface area contributed by atoms with Crippen molar-refractivity contribution in [2.45, 2.75) is 31.2 Å². The fourth-order valence-corrected chi connectivity index (χ4v) is 2.74. The van der Waals surface area contributed by atoms with Crippen molar-refractivity contribution >= 4 is 5.91 Å². The largest absolute Gasteiger partial charge is 0.353 e. The summed E-state index contributed by atoms with van der Waals surface area (Å²) in [5.41, 5.74) is 2.83. The quantitative estimate of drug-likeness (QED) is 0.656. The first kappa shape index (κ1) is 8.04. The van der Waals surface area contributed by atoms with Gasteiger partial charge in [0.1, 0.15) is 0 Å². The van der Waals surface area contributed by atoms with Crippen LogP contribution in [0.4, 0.5) is 0 Å². The Morgan fingerprint density at radius 1 is 1.29 bits per heavy atom. The molecular formula is C12H13NO. The maximum Gasteiger partial charge on any atom is 0.220 e. The zero-order chi connectivity index (χ0) is 9.54. The van der Waals surface area contributed by atoms with Crippen molar-refractivity contribution in [2.75, 3.05) is 0 Å². The molecule has 1 fully saturated rings. The molecule has 1 amide bonds. The van der Waals surface area contributed by atoms with E-state index < -0.39 is 0 Å². The van der Waals surface area contributed by atoms with Crippen molar-refractivity contribution in [2.24, 2.45) is 0 Å². The van der Waals surface area contributed by atoms with Crippen LogP contribution >= 0.6 is 0 Å². The number of benzene rings is 1. The molecule has 1 aromatic rings. The van der Waals surface area contributed by atoms with E-state index in [1.165, 1.54) is 11.1 Å². The molecule has 2 unspecified atom stereocenters. The number of hydrogen-bond donors (Lipinski definition) is 1. The number of amides is 1. The molecule has 1 aliphatic carbocycles. The highest BCUT2D eigenvalue weighted by molar-refractivity contribution is 5.80. The first-order chi connectivity index (χ1) is 6.84. The molecule has 72 valence electrons. The zero-order valence-electron chi connectivity index (χ0n) is 7.99. The third-order valence-electron chi connectivity index (χ3n) is 3.42. The van der Waals surface area contributed by atoms with Gasteiger partial charge in [-0.15, -0.1) is 0 Å². The molecule has 1 aliphatic heterocycles. The SMILES string of the molecule is O=C1CC2c3ccccc3CCC2N1. The van der Waals surface area contributed by atoms with Crippen LogP contribution in [0.3, 0.4) is 0 Å². The minimum absolute atomic E-state index is 0.219. The van der Waals surface area contributed by atoms with E-state index >= 15 is 0 Å². The van der Waals surface area contributed by atoms with E-state index in [9.17, 15) is 4.79 Å². The molecular weight excluding hydrogens is 174 g/mol. The van der Waals surface area contributed by atoms with Gasteiger partial charge in [-0.2, -0.15) is 0 Å². The number of nitrogens with one attached hydrogen (secondary N) is 1. The molecule has 0 spiro atoms. The summed E-state index contributed by atoms with van der Waals surface area (Å²) < 4.78 is 0. The Balaban J connectivity index is 2.05. The summed E-state index contributed by atoms with van der Waals surface area (Å²) in [7, 11) is 0. The number of rotatable bonds is 0. The minimum atomic E-state index is 0.219. The topological polar surface area (TPSA) is 29.1 Å². The first-order valence-corrected chi connectivity index (χ1v) is 5.22. The summed E-state index contributed by atoms with van der Waals surface area (Å²) in [6.07, 6.45) is 2.90. The average molecular weight is 187 g/mol. The van der Waals surface area contributed by atoms with Gasteiger partial charge in [0.05, 0.1) is 0 Å². The van der Waals surface area contributed by atoms with Crippen LogP contribution in [0.25, 0.3) is 0 Å². The van der Waals surface area contributed by atoms with Crippen molar-refractivity contribution in [1.29, 1.82) is 0 Å². The van der Waals surface area contributed by atoms with E-state index in [-0.39, 0.29) is 5.91 Å². The van der Waals surface area contributed by atoms with E-state index in [1.54, 1.807) is 0 Å². The lowest BCUT2D eigenvalue weighted by Crippen LogP contribution is -2.31. The van der Waals surface area contributed by atoms with Crippen LogP contribution in [0, 0.1) is 0 Å². The molecule has 2 aliphatic rings. The van der Waals surface area contributed by atoms with E-state index in [0.717, 1.165) is 12.8 Å². The molecule has 2 nitrogen and oxygen atoms in total. The van der Waals surface area contributed by atoms with E-state index in [2.05, 4.69) is 29.6 Å². The molecule has 3 rings (SSSR count). The molecule has 2 atom stereocenters. The second-order valence-corrected chi connectivity index (χ2v) is 4.22. The van der Waals surface area contributed by atoms with E-state index in [0.29, 0.717) is 18.4 Å². The van der Waals surface area contributed by atoms with Crippen LogP contribution in [0.5, 0.6) is 0 Å². The Kier molecular flexibility index (Phi) is 1.63. The second kappa shape index (κ2) is 2.84. The van der Waals surface area contributed by atoms with Crippen LogP contribution in [0.2, 0.25) is 0 Å². The van der Waals surface area contributed by atoms with Gasteiger partial charge in [0, 0.05) is 18.4 Å². The maximum atomic E-state index is 11.3. The van der Waals surface area contributed by atoms with Crippen LogP contribution < -0.4 is 5.32 Å². The highest BCUT2D eigenvalue weighted by Gasteiger charge is 2.36. The van der Waals surface area contributed by atoms with Gasteiger partial charge in [-0.1, -0.05) is 24.3 Å². The summed E-state index contributed by atoms with van der Waals surface area (Å²) in [6, 6.07) is 8.92. The third kappa shape index (κ3) is 1.07. The zero-order valence-corrected chi connectivity index (χ0v) is 7.99. The summed E-state index contributed by atoms with van der Waals surface area (Å²) >= 11 is 0. The van der Waals surface area contributed by atoms with Crippen LogP contribution in [-0.2, 0) is 11.2 Å². The Morgan fingerprint density at radius 2 is 2.14 bits per heavy atom. The molecule has 1 aromatic carbocycles. The van der Waals surface area contributed by atoms with Gasteiger partial charge in [-0.05, 0) is 24.0 Å². The Labute approximate surface area is 83.3 Å². The number of carbonyl (C=O) groups excluding carboxylic acids is 1. The first-order valence-electron chi connectivity index (χ1n) is 5.22. The summed E-state index contributed by atoms with van der Waals surface area (Å²) in [6.45, 7) is 0. The minimum Gasteiger partial charge on any atom is -0.353 e. The Hall–Kier alpha value is -1.31. The third-order valence-corrected chi connectivity index (χ3v) is 3.42. The smallest absolute Gasteiger partial charge is 0.220 e. The van der Waals surface area contributed by atoms with Crippen molar-refractivity contribution in [3.05, 3.63) is 35.4 Å². The predicted octanol–water partition coefficient (Wildman–Crippen LogP) is 1.60. The van der Waals surface area contributed by atoms with Gasteiger partial charge < -0.3 is 5.32 Å². The van der Waals surface area contributed by atoms with Crippen LogP contribution in [0.1, 0.15) is 29.9 Å². The predicted molar refractivity (Wildman–Crippen MR) is 54.1 cm³/mol. The summed E-state index contributed by atoms with van der Waals surface area (Å²) in [4.78, 5) is 11.3. The van der Waals surface area contributed by atoms with Crippen molar-refractivity contribution in [3.63, 3.8) is 0 Å². The van der Waals surface area contributed by atoms with Gasteiger partial charge in [0.15, 0.2) is 0 Å². The van der Waals surface area contributed by atoms with Crippen LogP contribution in [-0.4, -0.2) is 11.9 Å². The van der Waals surface area contributed by atoms with Crippen molar-refractivity contribution < 1.29 is 4.79 Å². The van der Waals surface area contributed by atoms with Crippen molar-refractivity contribution in [1.82, 2.24) is 5.32 Å². The lowest BCUT2D eigenvalue weighted by Gasteiger charge is -2.27. The molecule has 1 heterocycles. The highest BCUT2D eigenvalue weighted by Crippen LogP contribution is 2.37. The molecule has 1 saturated heterocycles. The molecule has 1 N–H and O–H groups in total. The monoisotopic (exact) mass is 187 g/mol. The molecule has 14 heavy (non-hydrogen) atoms. The lowest BCUT2D eigenvalue weighted by molar-refractivity contribution is -0.119. The highest BCUT2D eigenvalue weighted by atomic mass is 16.2. The van der Waals surface area contributed by atoms with E-state index in [1.807, 2.05) is 0 Å². The molecule has 0 saturated carbocycles. The van der Waals surface area contributed by atoms with Gasteiger partial charge >= 0.3 is 0 Å². The number of fused-ring (bicyclic) bond motifs is 3. The summed E-state index contributed by atoms with van der Waals surface area (Å²) in [5.74, 6) is 0.657. The van der Waals surface area contributed by atoms with Crippen molar-refractivity contribution in [3.8, 4) is 0 Å². The van der Waals surface area contributed by atoms with Gasteiger partial charge in [0.2, 0.25) is 5.91 Å². The van der Waals surface area contributed by atoms with Gasteiger partial charge in [-0.25, -0.2) is 0 Å². The van der Waals surface area contributed by atoms with Gasteiger partial charge in [0.25, 0.3) is 0 Å². The standard InChI is InChI=1S/C12H13NO/c14-12-7-10-9-4-2-1-3-8(9)5-6-11(10)13-12/h1-4,10-11H,5-7H2,(H,13,14). The maximum absolute atomic E-state index is 11.3. The number of hydrogen-bond acceptors (Lipinski definition) is 1. The molecule has 0 bridgehead atoms. The Morgan fingerprint density at radius 3 is 3.07 bits per heavy atom. The fourth-order valence-electron chi connectivity index (χ4n) is 2.74. The molecule has 2 heteroatoms. The van der Waals surface area contributed by atoms with E-state index in [4.69, 9.17) is 0 Å². The number of aryl methyl sites for hydroxylation is 1. The van der Waals surface area contributed by atoms with Crippen LogP contribution in [0.15, 0.2) is 24.3 Å². The average Bonchev–Trinajstić information content (AvgIpc) is 2.59. The summed E-state index contributed by atoms with van der Waals surface area (Å²) in [5, 5.41) is 3.06. The van der Waals surface area contributed by atoms with Gasteiger partial charge in [-0.3, -0.25) is 4.79 Å². The lowest BCUT2D eigenvalue weighted by atomic mass is 9.80. The molecule has 0 radical (unpaired) electrons. The normalized spacial score (nSPS) is 29.3.